The molecule has 9 atom stereocenters. The molecule has 0 aromatic carbocycles. The van der Waals surface area contributed by atoms with Gasteiger partial charge in [0.2, 0.25) is 0 Å². The molecule has 5 heteroatoms. The minimum Gasteiger partial charge on any atom is -0.390 e. The minimum atomic E-state index is -0.836. The summed E-state index contributed by atoms with van der Waals surface area (Å²) in [5.41, 5.74) is -0.505. The van der Waals surface area contributed by atoms with Crippen molar-refractivity contribution in [3.05, 3.63) is 18.0 Å². The van der Waals surface area contributed by atoms with E-state index < -0.39 is 11.2 Å². The summed E-state index contributed by atoms with van der Waals surface area (Å²) in [6.45, 7) is 8.49. The van der Waals surface area contributed by atoms with Crippen LogP contribution >= 0.6 is 0 Å². The number of fused-ring (bicyclic) bond motifs is 5. The van der Waals surface area contributed by atoms with Gasteiger partial charge >= 0.3 is 0 Å². The van der Waals surface area contributed by atoms with Gasteiger partial charge in [-0.3, -0.25) is 9.48 Å². The Balaban J connectivity index is 1.33. The Bertz CT molecular complexity index is 874. The number of carbonyl (C=O) groups excluding carboxylic acids is 1. The third-order valence-corrected chi connectivity index (χ3v) is 10.5. The molecule has 0 bridgehead atoms. The van der Waals surface area contributed by atoms with E-state index >= 15 is 0 Å². The third kappa shape index (κ3) is 3.68. The highest BCUT2D eigenvalue weighted by Crippen LogP contribution is 2.66. The molecule has 4 fully saturated rings. The smallest absolute Gasteiger partial charge is 0.162 e. The van der Waals surface area contributed by atoms with E-state index in [0.717, 1.165) is 37.0 Å². The van der Waals surface area contributed by atoms with Crippen molar-refractivity contribution in [1.29, 1.82) is 0 Å². The van der Waals surface area contributed by atoms with Crippen molar-refractivity contribution in [2.45, 2.75) is 103 Å². The number of aliphatic hydroxyl groups is 2. The number of carbonyl (C=O) groups is 1. The monoisotopic (exact) mass is 442 g/mol. The van der Waals surface area contributed by atoms with Crippen LogP contribution in [0, 0.1) is 40.9 Å². The first kappa shape index (κ1) is 22.6. The van der Waals surface area contributed by atoms with Gasteiger partial charge in [-0.15, -0.1) is 0 Å². The summed E-state index contributed by atoms with van der Waals surface area (Å²) in [6, 6.07) is 0. The maximum absolute atomic E-state index is 11.7. The first-order valence-electron chi connectivity index (χ1n) is 13.0. The average molecular weight is 443 g/mol. The molecule has 4 aliphatic rings. The van der Waals surface area contributed by atoms with Crippen LogP contribution in [0.3, 0.4) is 0 Å². The van der Waals surface area contributed by atoms with Gasteiger partial charge < -0.3 is 10.2 Å². The lowest BCUT2D eigenvalue weighted by molar-refractivity contribution is -0.126. The molecule has 0 aliphatic heterocycles. The van der Waals surface area contributed by atoms with E-state index in [2.05, 4.69) is 12.0 Å². The second-order valence-electron chi connectivity index (χ2n) is 12.7. The Hall–Kier alpha value is -1.20. The van der Waals surface area contributed by atoms with E-state index in [1.54, 1.807) is 24.0 Å². The highest BCUT2D eigenvalue weighted by Gasteiger charge is 2.60. The number of aromatic nitrogens is 2. The normalized spacial score (nSPS) is 45.4. The van der Waals surface area contributed by atoms with Crippen molar-refractivity contribution < 1.29 is 15.0 Å². The first-order valence-corrected chi connectivity index (χ1v) is 13.0. The van der Waals surface area contributed by atoms with Crippen LogP contribution in [0.15, 0.2) is 12.4 Å². The van der Waals surface area contributed by atoms with Crippen LogP contribution in [0.5, 0.6) is 0 Å². The summed E-state index contributed by atoms with van der Waals surface area (Å²) < 4.78 is 1.76. The Morgan fingerprint density at radius 1 is 1.12 bits per heavy atom. The van der Waals surface area contributed by atoms with Crippen molar-refractivity contribution in [1.82, 2.24) is 9.78 Å². The molecule has 0 amide bonds. The second-order valence-corrected chi connectivity index (χ2v) is 12.7. The second kappa shape index (κ2) is 7.66. The fraction of sp³-hybridized carbons (Fsp3) is 0.852. The molecule has 178 valence electrons. The van der Waals surface area contributed by atoms with Crippen LogP contribution in [-0.2, 0) is 6.54 Å². The van der Waals surface area contributed by atoms with Gasteiger partial charge in [0.15, 0.2) is 5.78 Å². The van der Waals surface area contributed by atoms with Gasteiger partial charge in [-0.25, -0.2) is 0 Å². The lowest BCUT2D eigenvalue weighted by Gasteiger charge is -2.58. The number of hydrogen-bond donors (Lipinski definition) is 2. The zero-order valence-electron chi connectivity index (χ0n) is 20.4. The topological polar surface area (TPSA) is 75.4 Å². The standard InChI is InChI=1S/C27H42N2O3/c1-17(30)19-14-28-29(15-19)16-27(4,32)24-8-7-23-22-6-5-18-13-25(2,31)11-9-20(18)21(22)10-12-26(23,24)3/h14-15,18,20-24,31-32H,5-13,16H2,1-4H3/t18-,20+,21-,22-,23+,24+,25-,26+,27?/m1/s1. The number of Topliss-reactive ketones (excluding diaryl/α,β-unsaturated/α-hetero) is 1. The molecule has 1 unspecified atom stereocenters. The quantitative estimate of drug-likeness (QED) is 0.653. The molecular formula is C27H42N2O3. The molecule has 0 saturated heterocycles. The van der Waals surface area contributed by atoms with E-state index in [0.29, 0.717) is 23.9 Å². The van der Waals surface area contributed by atoms with Crippen LogP contribution < -0.4 is 0 Å². The summed E-state index contributed by atoms with van der Waals surface area (Å²) in [6.07, 6.45) is 13.9. The van der Waals surface area contributed by atoms with Crippen LogP contribution in [0.25, 0.3) is 0 Å². The molecule has 0 spiro atoms. The van der Waals surface area contributed by atoms with Crippen molar-refractivity contribution >= 4 is 5.78 Å². The predicted octanol–water partition coefficient (Wildman–Crippen LogP) is 4.86. The number of nitrogens with zero attached hydrogens (tertiary/aromatic N) is 2. The maximum Gasteiger partial charge on any atom is 0.162 e. The minimum absolute atomic E-state index is 0.0157. The van der Waals surface area contributed by atoms with Gasteiger partial charge in [-0.05, 0) is 119 Å². The van der Waals surface area contributed by atoms with E-state index in [4.69, 9.17) is 0 Å². The molecule has 5 nitrogen and oxygen atoms in total. The van der Waals surface area contributed by atoms with Crippen molar-refractivity contribution in [3.63, 3.8) is 0 Å². The summed E-state index contributed by atoms with van der Waals surface area (Å²) in [7, 11) is 0. The van der Waals surface area contributed by atoms with E-state index in [-0.39, 0.29) is 17.1 Å². The Kier molecular flexibility index (Phi) is 5.41. The highest BCUT2D eigenvalue weighted by atomic mass is 16.3. The molecular weight excluding hydrogens is 400 g/mol. The van der Waals surface area contributed by atoms with Gasteiger partial charge in [-0.1, -0.05) is 6.92 Å². The summed E-state index contributed by atoms with van der Waals surface area (Å²) in [5.74, 6) is 4.08. The summed E-state index contributed by atoms with van der Waals surface area (Å²) >= 11 is 0. The lowest BCUT2D eigenvalue weighted by Crippen LogP contribution is -2.53. The zero-order chi connectivity index (χ0) is 22.9. The van der Waals surface area contributed by atoms with Crippen LogP contribution in [0.2, 0.25) is 0 Å². The summed E-state index contributed by atoms with van der Waals surface area (Å²) in [4.78, 5) is 11.7. The molecule has 4 aliphatic carbocycles. The van der Waals surface area contributed by atoms with Crippen molar-refractivity contribution in [2.24, 2.45) is 40.9 Å². The van der Waals surface area contributed by atoms with E-state index in [9.17, 15) is 15.0 Å². The molecule has 0 radical (unpaired) electrons. The SMILES string of the molecule is CC(=O)c1cnn(CC(C)(O)[C@H]2CC[C@H]3[C@@H]4CC[C@@H]5C[C@](C)(O)CC[C@@H]5[C@H]4CC[C@]23C)c1. The average Bonchev–Trinajstić information content (AvgIpc) is 3.30. The van der Waals surface area contributed by atoms with Gasteiger partial charge in [0.25, 0.3) is 0 Å². The zero-order valence-corrected chi connectivity index (χ0v) is 20.4. The van der Waals surface area contributed by atoms with Gasteiger partial charge in [0.1, 0.15) is 0 Å². The predicted molar refractivity (Wildman–Crippen MR) is 124 cm³/mol. The van der Waals surface area contributed by atoms with Crippen molar-refractivity contribution in [2.75, 3.05) is 0 Å². The van der Waals surface area contributed by atoms with Gasteiger partial charge in [-0.2, -0.15) is 5.10 Å². The van der Waals surface area contributed by atoms with Crippen LogP contribution in [0.1, 0.15) is 95.8 Å². The van der Waals surface area contributed by atoms with Crippen LogP contribution in [0.4, 0.5) is 0 Å². The fourth-order valence-electron chi connectivity index (χ4n) is 9.17. The number of hydrogen-bond acceptors (Lipinski definition) is 4. The Labute approximate surface area is 193 Å². The van der Waals surface area contributed by atoms with Crippen LogP contribution in [-0.4, -0.2) is 37.0 Å². The molecule has 1 aromatic rings. The highest BCUT2D eigenvalue weighted by molar-refractivity contribution is 5.93. The molecule has 32 heavy (non-hydrogen) atoms. The molecule has 1 heterocycles. The largest absolute Gasteiger partial charge is 0.390 e. The molecule has 1 aromatic heterocycles. The molecule has 4 saturated carbocycles. The lowest BCUT2D eigenvalue weighted by atomic mass is 9.48. The Morgan fingerprint density at radius 3 is 2.59 bits per heavy atom. The fourth-order valence-corrected chi connectivity index (χ4v) is 9.17. The third-order valence-electron chi connectivity index (χ3n) is 10.5. The first-order chi connectivity index (χ1) is 15.0. The van der Waals surface area contributed by atoms with E-state index in [1.165, 1.54) is 38.5 Å². The number of ketones is 1. The maximum atomic E-state index is 11.7. The Morgan fingerprint density at radius 2 is 1.88 bits per heavy atom. The van der Waals surface area contributed by atoms with E-state index in [1.807, 2.05) is 13.8 Å². The molecule has 5 rings (SSSR count). The molecule has 2 N–H and O–H groups in total. The van der Waals surface area contributed by atoms with Gasteiger partial charge in [0.05, 0.1) is 29.5 Å². The number of rotatable bonds is 4. The summed E-state index contributed by atoms with van der Waals surface area (Å²) in [5, 5.41) is 26.7. The van der Waals surface area contributed by atoms with Gasteiger partial charge in [0, 0.05) is 6.20 Å². The van der Waals surface area contributed by atoms with Crippen molar-refractivity contribution in [3.8, 4) is 0 Å².